The summed E-state index contributed by atoms with van der Waals surface area (Å²) >= 11 is 0. The number of rotatable bonds is 6. The average Bonchev–Trinajstić information content (AvgIpc) is 3.35. The van der Waals surface area contributed by atoms with Crippen molar-refractivity contribution in [2.24, 2.45) is 0 Å². The molecule has 10 heteroatoms. The van der Waals surface area contributed by atoms with E-state index >= 15 is 0 Å². The minimum Gasteiger partial charge on any atom is -0.454 e. The maximum absolute atomic E-state index is 13.0. The first-order valence-electron chi connectivity index (χ1n) is 11.6. The van der Waals surface area contributed by atoms with Crippen LogP contribution < -0.4 is 0 Å². The molecule has 2 atom stereocenters. The Balaban J connectivity index is 1.42. The topological polar surface area (TPSA) is 89.5 Å². The molecule has 0 aromatic heterocycles. The highest BCUT2D eigenvalue weighted by Crippen LogP contribution is 2.43. The van der Waals surface area contributed by atoms with Crippen molar-refractivity contribution in [2.75, 3.05) is 19.8 Å². The molecule has 32 heavy (non-hydrogen) atoms. The number of alkyl halides is 2. The molecule has 2 heterocycles. The van der Waals surface area contributed by atoms with Crippen LogP contribution in [0.4, 0.5) is 8.78 Å². The highest BCUT2D eigenvalue weighted by molar-refractivity contribution is 5.80. The first-order valence-corrected chi connectivity index (χ1v) is 11.6. The molecule has 8 nitrogen and oxygen atoms in total. The molecule has 2 saturated heterocycles. The van der Waals surface area contributed by atoms with Gasteiger partial charge in [0.05, 0.1) is 13.2 Å². The summed E-state index contributed by atoms with van der Waals surface area (Å²) in [5, 5.41) is 0. The molecule has 4 rings (SSSR count). The fourth-order valence-corrected chi connectivity index (χ4v) is 5.01. The minimum atomic E-state index is -3.69. The normalized spacial score (nSPS) is 30.3. The average molecular weight is 462 g/mol. The Morgan fingerprint density at radius 3 is 1.81 bits per heavy atom. The van der Waals surface area contributed by atoms with E-state index in [1.165, 1.54) is 0 Å². The van der Waals surface area contributed by atoms with E-state index in [1.54, 1.807) is 0 Å². The van der Waals surface area contributed by atoms with Gasteiger partial charge in [-0.1, -0.05) is 12.8 Å². The van der Waals surface area contributed by atoms with Gasteiger partial charge in [0, 0.05) is 32.6 Å². The van der Waals surface area contributed by atoms with Gasteiger partial charge in [0.15, 0.2) is 24.3 Å². The Hall–Kier alpha value is -1.36. The third-order valence-corrected chi connectivity index (χ3v) is 6.66. The maximum atomic E-state index is 13.0. The molecule has 182 valence electrons. The van der Waals surface area contributed by atoms with E-state index in [1.807, 2.05) is 0 Å². The molecule has 0 radical (unpaired) electrons. The number of carbonyl (C=O) groups is 2. The van der Waals surface area contributed by atoms with Crippen LogP contribution in [0.3, 0.4) is 0 Å². The van der Waals surface area contributed by atoms with Crippen molar-refractivity contribution in [3.8, 4) is 0 Å². The fourth-order valence-electron chi connectivity index (χ4n) is 5.01. The van der Waals surface area contributed by atoms with E-state index in [-0.39, 0.29) is 13.2 Å². The Bertz CT molecular complexity index is 646. The first-order chi connectivity index (χ1) is 15.2. The van der Waals surface area contributed by atoms with Gasteiger partial charge >= 0.3 is 17.9 Å². The Morgan fingerprint density at radius 2 is 1.38 bits per heavy atom. The largest absolute Gasteiger partial charge is 0.454 e. The smallest absolute Gasteiger partial charge is 0.377 e. The van der Waals surface area contributed by atoms with Crippen molar-refractivity contribution in [3.63, 3.8) is 0 Å². The number of halogens is 2. The second-order valence-corrected chi connectivity index (χ2v) is 9.30. The van der Waals surface area contributed by atoms with E-state index in [9.17, 15) is 18.4 Å². The maximum Gasteiger partial charge on any atom is 0.377 e. The summed E-state index contributed by atoms with van der Waals surface area (Å²) in [4.78, 5) is 23.7. The lowest BCUT2D eigenvalue weighted by Crippen LogP contribution is -2.47. The van der Waals surface area contributed by atoms with Crippen LogP contribution >= 0.6 is 0 Å². The van der Waals surface area contributed by atoms with Crippen LogP contribution in [-0.2, 0) is 38.0 Å². The Kier molecular flexibility index (Phi) is 7.05. The number of hydrogen-bond acceptors (Lipinski definition) is 8. The van der Waals surface area contributed by atoms with Gasteiger partial charge in [-0.05, 0) is 25.7 Å². The second kappa shape index (κ2) is 9.48. The van der Waals surface area contributed by atoms with Crippen LogP contribution in [0.2, 0.25) is 0 Å². The molecule has 0 aromatic rings. The molecule has 4 fully saturated rings. The molecule has 0 amide bonds. The zero-order valence-corrected chi connectivity index (χ0v) is 18.4. The number of carbonyl (C=O) groups excluding carboxylic acids is 2. The molecule has 2 aliphatic carbocycles. The summed E-state index contributed by atoms with van der Waals surface area (Å²) in [6.45, 7) is -0.0738. The molecule has 2 unspecified atom stereocenters. The van der Waals surface area contributed by atoms with E-state index in [4.69, 9.17) is 23.7 Å². The highest BCUT2D eigenvalue weighted by atomic mass is 19.3. The fraction of sp³-hybridized carbons (Fsp3) is 0.909. The van der Waals surface area contributed by atoms with Gasteiger partial charge in [-0.2, -0.15) is 8.78 Å². The van der Waals surface area contributed by atoms with Crippen LogP contribution in [0.25, 0.3) is 0 Å². The van der Waals surface area contributed by atoms with Crippen molar-refractivity contribution in [3.05, 3.63) is 0 Å². The molecule has 0 bridgehead atoms. The summed E-state index contributed by atoms with van der Waals surface area (Å²) < 4.78 is 60.6. The summed E-state index contributed by atoms with van der Waals surface area (Å²) in [5.41, 5.74) is 0. The standard InChI is InChI=1S/C22H32F2O8/c1-20(23,24)19(26)27-14-17(25)30-18(15-12-28-21(31-15)8-4-2-5-9-21)16-13-29-22(32-16)10-6-3-7-11-22/h15-16,18H,2-14H2,1H3. The number of esters is 2. The molecular weight excluding hydrogens is 430 g/mol. The third kappa shape index (κ3) is 5.40. The molecule has 0 N–H and O–H groups in total. The Morgan fingerprint density at radius 1 is 0.906 bits per heavy atom. The van der Waals surface area contributed by atoms with Crippen LogP contribution in [0, 0.1) is 0 Å². The van der Waals surface area contributed by atoms with E-state index < -0.39 is 54.4 Å². The highest BCUT2D eigenvalue weighted by Gasteiger charge is 2.52. The molecule has 2 aliphatic heterocycles. The lowest BCUT2D eigenvalue weighted by atomic mass is 9.94. The predicted octanol–water partition coefficient (Wildman–Crippen LogP) is 3.25. The van der Waals surface area contributed by atoms with Gasteiger partial charge in [0.2, 0.25) is 0 Å². The van der Waals surface area contributed by atoms with Crippen molar-refractivity contribution < 1.29 is 46.8 Å². The van der Waals surface area contributed by atoms with Gasteiger partial charge in [-0.3, -0.25) is 0 Å². The van der Waals surface area contributed by atoms with Crippen molar-refractivity contribution in [1.82, 2.24) is 0 Å². The quantitative estimate of drug-likeness (QED) is 0.556. The molecule has 2 spiro atoms. The molecular formula is C22H32F2O8. The lowest BCUT2D eigenvalue weighted by molar-refractivity contribution is -0.224. The van der Waals surface area contributed by atoms with Gasteiger partial charge in [0.1, 0.15) is 12.2 Å². The second-order valence-electron chi connectivity index (χ2n) is 9.30. The summed E-state index contributed by atoms with van der Waals surface area (Å²) in [5.74, 6) is -7.80. The van der Waals surface area contributed by atoms with Crippen LogP contribution in [0.1, 0.15) is 71.1 Å². The number of ether oxygens (including phenoxy) is 6. The van der Waals surface area contributed by atoms with Gasteiger partial charge in [0.25, 0.3) is 0 Å². The lowest BCUT2D eigenvalue weighted by Gasteiger charge is -2.35. The van der Waals surface area contributed by atoms with Crippen LogP contribution in [0.15, 0.2) is 0 Å². The Labute approximate surface area is 186 Å². The van der Waals surface area contributed by atoms with E-state index in [0.29, 0.717) is 6.92 Å². The molecule has 2 saturated carbocycles. The van der Waals surface area contributed by atoms with E-state index in [0.717, 1.165) is 64.2 Å². The monoisotopic (exact) mass is 462 g/mol. The summed E-state index contributed by atoms with van der Waals surface area (Å²) in [6.07, 6.45) is 7.20. The van der Waals surface area contributed by atoms with Gasteiger partial charge in [-0.25, -0.2) is 9.59 Å². The summed E-state index contributed by atoms with van der Waals surface area (Å²) in [7, 11) is 0. The zero-order valence-electron chi connectivity index (χ0n) is 18.4. The third-order valence-electron chi connectivity index (χ3n) is 6.66. The van der Waals surface area contributed by atoms with Crippen molar-refractivity contribution in [1.29, 1.82) is 0 Å². The van der Waals surface area contributed by atoms with Crippen LogP contribution in [-0.4, -0.2) is 67.6 Å². The van der Waals surface area contributed by atoms with Gasteiger partial charge < -0.3 is 28.4 Å². The molecule has 4 aliphatic rings. The number of hydrogen-bond donors (Lipinski definition) is 0. The van der Waals surface area contributed by atoms with Crippen LogP contribution in [0.5, 0.6) is 0 Å². The van der Waals surface area contributed by atoms with E-state index in [2.05, 4.69) is 4.74 Å². The van der Waals surface area contributed by atoms with Crippen molar-refractivity contribution >= 4 is 11.9 Å². The minimum absolute atomic E-state index is 0.220. The summed E-state index contributed by atoms with van der Waals surface area (Å²) in [6, 6.07) is 0. The first kappa shape index (κ1) is 23.8. The predicted molar refractivity (Wildman–Crippen MR) is 105 cm³/mol. The van der Waals surface area contributed by atoms with Gasteiger partial charge in [-0.15, -0.1) is 0 Å². The SMILES string of the molecule is CC(F)(F)C(=O)OCC(=O)OC(C1COC2(CCCCC2)O1)C1COC2(CCCCC2)O1. The van der Waals surface area contributed by atoms with Crippen molar-refractivity contribution in [2.45, 2.75) is 107 Å². The zero-order chi connectivity index (χ0) is 22.8. The molecule has 0 aromatic carbocycles.